The summed E-state index contributed by atoms with van der Waals surface area (Å²) in [5.74, 6) is 0.953. The molecule has 2 heterocycles. The zero-order valence-electron chi connectivity index (χ0n) is 16.3. The minimum Gasteiger partial charge on any atom is -0.378 e. The van der Waals surface area contributed by atoms with Crippen LogP contribution in [0, 0.1) is 0 Å². The molecule has 0 bridgehead atoms. The molecule has 12 heteroatoms. The molecular weight excluding hydrogens is 425 g/mol. The lowest BCUT2D eigenvalue weighted by molar-refractivity contribution is -0.137. The quantitative estimate of drug-likeness (QED) is 0.748. The minimum absolute atomic E-state index is 0.0542. The molecule has 30 heavy (non-hydrogen) atoms. The van der Waals surface area contributed by atoms with E-state index in [-0.39, 0.29) is 5.69 Å². The Morgan fingerprint density at radius 2 is 1.93 bits per heavy atom. The summed E-state index contributed by atoms with van der Waals surface area (Å²) in [5, 5.41) is 4.49. The Balaban J connectivity index is 1.76. The van der Waals surface area contributed by atoms with Crippen LogP contribution in [0.4, 0.5) is 41.1 Å². The number of hydrogen-bond donors (Lipinski definition) is 2. The molecule has 1 aliphatic rings. The van der Waals surface area contributed by atoms with Crippen molar-refractivity contribution < 1.29 is 22.7 Å². The van der Waals surface area contributed by atoms with E-state index in [0.29, 0.717) is 43.8 Å². The number of nitrogens with zero attached hydrogens (tertiary/aromatic N) is 4. The first-order valence-electron chi connectivity index (χ1n) is 8.97. The van der Waals surface area contributed by atoms with Crippen molar-refractivity contribution in [1.29, 1.82) is 0 Å². The molecule has 162 valence electrons. The van der Waals surface area contributed by atoms with E-state index in [2.05, 4.69) is 20.6 Å². The van der Waals surface area contributed by atoms with Crippen LogP contribution >= 0.6 is 11.6 Å². The highest BCUT2D eigenvalue weighted by Crippen LogP contribution is 2.36. The second-order valence-electron chi connectivity index (χ2n) is 6.67. The number of anilines is 4. The highest BCUT2D eigenvalue weighted by atomic mass is 35.5. The van der Waals surface area contributed by atoms with Crippen molar-refractivity contribution in [3.8, 4) is 0 Å². The van der Waals surface area contributed by atoms with Crippen molar-refractivity contribution >= 4 is 40.8 Å². The zero-order chi connectivity index (χ0) is 21.9. The summed E-state index contributed by atoms with van der Waals surface area (Å²) in [5.41, 5.74) is -0.782. The number of aromatic nitrogens is 2. The van der Waals surface area contributed by atoms with E-state index in [4.69, 9.17) is 16.3 Å². The van der Waals surface area contributed by atoms with Crippen molar-refractivity contribution in [2.75, 3.05) is 60.8 Å². The number of alkyl halides is 3. The fraction of sp³-hybridized carbons (Fsp3) is 0.389. The molecule has 1 fully saturated rings. The van der Waals surface area contributed by atoms with Gasteiger partial charge in [0.05, 0.1) is 30.0 Å². The van der Waals surface area contributed by atoms with Crippen LogP contribution in [-0.2, 0) is 10.9 Å². The molecule has 3 rings (SSSR count). The SMILES string of the molecule is CN(C)c1nc(N2CCOCC2)ncc1NC(=O)Nc1ccc(Cl)c(C(F)(F)F)c1. The number of carbonyl (C=O) groups excluding carboxylic acids is 1. The molecular formula is C18H20ClF3N6O2. The number of carbonyl (C=O) groups is 1. The van der Waals surface area contributed by atoms with Crippen molar-refractivity contribution in [3.05, 3.63) is 35.0 Å². The van der Waals surface area contributed by atoms with Crippen molar-refractivity contribution in [3.63, 3.8) is 0 Å². The summed E-state index contributed by atoms with van der Waals surface area (Å²) in [7, 11) is 3.51. The molecule has 2 amide bonds. The highest BCUT2D eigenvalue weighted by molar-refractivity contribution is 6.31. The number of rotatable bonds is 4. The molecule has 2 N–H and O–H groups in total. The Labute approximate surface area is 176 Å². The number of hydrogen-bond acceptors (Lipinski definition) is 6. The van der Waals surface area contributed by atoms with Crippen LogP contribution in [0.2, 0.25) is 5.02 Å². The maximum absolute atomic E-state index is 13.0. The first-order valence-corrected chi connectivity index (χ1v) is 9.35. The molecule has 8 nitrogen and oxygen atoms in total. The van der Waals surface area contributed by atoms with E-state index in [0.717, 1.165) is 12.1 Å². The van der Waals surface area contributed by atoms with Gasteiger partial charge >= 0.3 is 12.2 Å². The van der Waals surface area contributed by atoms with Gasteiger partial charge in [0, 0.05) is 32.9 Å². The maximum atomic E-state index is 13.0. The predicted molar refractivity (Wildman–Crippen MR) is 108 cm³/mol. The molecule has 0 radical (unpaired) electrons. The van der Waals surface area contributed by atoms with Gasteiger partial charge in [0.1, 0.15) is 5.69 Å². The zero-order valence-corrected chi connectivity index (χ0v) is 17.0. The van der Waals surface area contributed by atoms with Crippen LogP contribution in [-0.4, -0.2) is 56.4 Å². The van der Waals surface area contributed by atoms with Crippen LogP contribution in [0.25, 0.3) is 0 Å². The molecule has 1 aromatic carbocycles. The molecule has 0 unspecified atom stereocenters. The van der Waals surface area contributed by atoms with Gasteiger partial charge in [-0.3, -0.25) is 0 Å². The van der Waals surface area contributed by atoms with Crippen LogP contribution in [0.1, 0.15) is 5.56 Å². The number of benzene rings is 1. The summed E-state index contributed by atoms with van der Waals surface area (Å²) in [6, 6.07) is 2.39. The Hall–Kier alpha value is -2.79. The minimum atomic E-state index is -4.63. The van der Waals surface area contributed by atoms with E-state index in [1.54, 1.807) is 19.0 Å². The van der Waals surface area contributed by atoms with Crippen LogP contribution in [0.3, 0.4) is 0 Å². The first-order chi connectivity index (χ1) is 14.1. The summed E-state index contributed by atoms with van der Waals surface area (Å²) in [6.45, 7) is 2.45. The largest absolute Gasteiger partial charge is 0.417 e. The predicted octanol–water partition coefficient (Wildman–Crippen LogP) is 3.70. The van der Waals surface area contributed by atoms with Crippen molar-refractivity contribution in [2.24, 2.45) is 0 Å². The summed E-state index contributed by atoms with van der Waals surface area (Å²) in [6.07, 6.45) is -3.18. The molecule has 1 saturated heterocycles. The third kappa shape index (κ3) is 5.22. The van der Waals surface area contributed by atoms with Crippen molar-refractivity contribution in [2.45, 2.75) is 6.18 Å². The lowest BCUT2D eigenvalue weighted by atomic mass is 10.2. The number of amides is 2. The van der Waals surface area contributed by atoms with E-state index < -0.39 is 22.8 Å². The van der Waals surface area contributed by atoms with Gasteiger partial charge in [0.2, 0.25) is 5.95 Å². The molecule has 2 aromatic rings. The number of ether oxygens (including phenoxy) is 1. The third-order valence-electron chi connectivity index (χ3n) is 4.25. The number of urea groups is 1. The van der Waals surface area contributed by atoms with Crippen LogP contribution in [0.15, 0.2) is 24.4 Å². The first kappa shape index (κ1) is 21.9. The second-order valence-corrected chi connectivity index (χ2v) is 7.08. The smallest absolute Gasteiger partial charge is 0.378 e. The van der Waals surface area contributed by atoms with E-state index in [1.165, 1.54) is 12.3 Å². The fourth-order valence-electron chi connectivity index (χ4n) is 2.81. The topological polar surface area (TPSA) is 82.6 Å². The molecule has 1 aliphatic heterocycles. The monoisotopic (exact) mass is 444 g/mol. The Morgan fingerprint density at radius 1 is 1.23 bits per heavy atom. The van der Waals surface area contributed by atoms with Gasteiger partial charge in [-0.25, -0.2) is 9.78 Å². The lowest BCUT2D eigenvalue weighted by Gasteiger charge is -2.28. The van der Waals surface area contributed by atoms with Crippen molar-refractivity contribution in [1.82, 2.24) is 9.97 Å². The van der Waals surface area contributed by atoms with Gasteiger partial charge in [-0.2, -0.15) is 18.2 Å². The van der Waals surface area contributed by atoms with Gasteiger partial charge in [0.25, 0.3) is 0 Å². The molecule has 0 aliphatic carbocycles. The molecule has 0 saturated carbocycles. The number of nitrogens with one attached hydrogen (secondary N) is 2. The Kier molecular flexibility index (Phi) is 6.52. The average Bonchev–Trinajstić information content (AvgIpc) is 2.69. The Bertz CT molecular complexity index is 919. The van der Waals surface area contributed by atoms with Crippen LogP contribution < -0.4 is 20.4 Å². The van der Waals surface area contributed by atoms with Gasteiger partial charge < -0.3 is 25.2 Å². The second kappa shape index (κ2) is 8.92. The van der Waals surface area contributed by atoms with Crippen LogP contribution in [0.5, 0.6) is 0 Å². The number of morpholine rings is 1. The van der Waals surface area contributed by atoms with Gasteiger partial charge in [-0.05, 0) is 18.2 Å². The molecule has 0 atom stereocenters. The summed E-state index contributed by atoms with van der Waals surface area (Å²) >= 11 is 5.60. The molecule has 0 spiro atoms. The van der Waals surface area contributed by atoms with Gasteiger partial charge in [-0.1, -0.05) is 11.6 Å². The standard InChI is InChI=1S/C18H20ClF3N6O2/c1-27(2)15-14(10-23-16(26-15)28-5-7-30-8-6-28)25-17(29)24-11-3-4-13(19)12(9-11)18(20,21)22/h3-4,9-10H,5-8H2,1-2H3,(H2,24,25,29). The maximum Gasteiger partial charge on any atom is 0.417 e. The lowest BCUT2D eigenvalue weighted by Crippen LogP contribution is -2.37. The summed E-state index contributed by atoms with van der Waals surface area (Å²) in [4.78, 5) is 24.8. The van der Waals surface area contributed by atoms with E-state index >= 15 is 0 Å². The van der Waals surface area contributed by atoms with Gasteiger partial charge in [-0.15, -0.1) is 0 Å². The van der Waals surface area contributed by atoms with E-state index in [1.807, 2.05) is 4.90 Å². The normalized spacial score (nSPS) is 14.4. The average molecular weight is 445 g/mol. The van der Waals surface area contributed by atoms with E-state index in [9.17, 15) is 18.0 Å². The highest BCUT2D eigenvalue weighted by Gasteiger charge is 2.33. The molecule has 1 aromatic heterocycles. The summed E-state index contributed by atoms with van der Waals surface area (Å²) < 4.78 is 44.3. The third-order valence-corrected chi connectivity index (χ3v) is 4.58. The van der Waals surface area contributed by atoms with Gasteiger partial charge in [0.15, 0.2) is 5.82 Å². The fourth-order valence-corrected chi connectivity index (χ4v) is 3.04. The Morgan fingerprint density at radius 3 is 2.57 bits per heavy atom. The number of halogens is 4.